The van der Waals surface area contributed by atoms with Gasteiger partial charge in [0.25, 0.3) is 0 Å². The molecule has 1 heterocycles. The van der Waals surface area contributed by atoms with Crippen molar-refractivity contribution in [3.05, 3.63) is 23.8 Å². The normalized spacial score (nSPS) is 24.9. The van der Waals surface area contributed by atoms with Gasteiger partial charge in [-0.25, -0.2) is 0 Å². The number of likely N-dealkylation sites (N-methyl/N-ethyl adjacent to an activating group) is 1. The van der Waals surface area contributed by atoms with Crippen LogP contribution in [0.25, 0.3) is 0 Å². The first kappa shape index (κ1) is 13.2. The lowest BCUT2D eigenvalue weighted by atomic mass is 9.85. The summed E-state index contributed by atoms with van der Waals surface area (Å²) >= 11 is 0. The molecule has 0 aliphatic carbocycles. The fourth-order valence-corrected chi connectivity index (χ4v) is 2.65. The number of nitrogens with zero attached hydrogens (tertiary/aromatic N) is 1. The van der Waals surface area contributed by atoms with E-state index < -0.39 is 5.60 Å². The van der Waals surface area contributed by atoms with Gasteiger partial charge in [0.05, 0.1) is 14.2 Å². The van der Waals surface area contributed by atoms with Crippen molar-refractivity contribution in [3.8, 4) is 11.5 Å². The number of rotatable bonds is 3. The van der Waals surface area contributed by atoms with Crippen LogP contribution in [0, 0.1) is 0 Å². The van der Waals surface area contributed by atoms with Crippen molar-refractivity contribution < 1.29 is 14.6 Å². The van der Waals surface area contributed by atoms with E-state index in [0.29, 0.717) is 12.3 Å². The molecule has 0 radical (unpaired) electrons. The number of aliphatic hydroxyl groups is 1. The van der Waals surface area contributed by atoms with Gasteiger partial charge in [-0.05, 0) is 38.6 Å². The Morgan fingerprint density at radius 1 is 1.28 bits per heavy atom. The smallest absolute Gasteiger partial charge is 0.128 e. The van der Waals surface area contributed by atoms with Gasteiger partial charge < -0.3 is 19.5 Å². The molecule has 18 heavy (non-hydrogen) atoms. The molecule has 1 aliphatic rings. The second-order valence-electron chi connectivity index (χ2n) is 4.94. The first-order valence-electron chi connectivity index (χ1n) is 6.22. The highest BCUT2D eigenvalue weighted by molar-refractivity contribution is 5.44. The number of benzene rings is 1. The summed E-state index contributed by atoms with van der Waals surface area (Å²) in [4.78, 5) is 2.15. The highest BCUT2D eigenvalue weighted by atomic mass is 16.5. The van der Waals surface area contributed by atoms with Crippen molar-refractivity contribution in [1.82, 2.24) is 4.90 Å². The molecule has 4 nitrogen and oxygen atoms in total. The Bertz CT molecular complexity index is 422. The molecule has 100 valence electrons. The summed E-state index contributed by atoms with van der Waals surface area (Å²) in [6, 6.07) is 5.59. The average Bonchev–Trinajstić information content (AvgIpc) is 2.37. The van der Waals surface area contributed by atoms with Crippen molar-refractivity contribution in [2.45, 2.75) is 18.4 Å². The monoisotopic (exact) mass is 251 g/mol. The number of ether oxygens (including phenoxy) is 2. The van der Waals surface area contributed by atoms with Crippen LogP contribution in [0.2, 0.25) is 0 Å². The summed E-state index contributed by atoms with van der Waals surface area (Å²) < 4.78 is 10.6. The molecule has 1 fully saturated rings. The summed E-state index contributed by atoms with van der Waals surface area (Å²) in [5.74, 6) is 1.43. The van der Waals surface area contributed by atoms with Crippen molar-refractivity contribution >= 4 is 0 Å². The molecule has 1 N–H and O–H groups in total. The van der Waals surface area contributed by atoms with Gasteiger partial charge in [0.15, 0.2) is 0 Å². The molecule has 0 bridgehead atoms. The number of methoxy groups -OCH3 is 2. The van der Waals surface area contributed by atoms with Gasteiger partial charge in [0.2, 0.25) is 0 Å². The molecular formula is C14H21NO3. The first-order valence-corrected chi connectivity index (χ1v) is 6.22. The lowest BCUT2D eigenvalue weighted by Crippen LogP contribution is -2.44. The van der Waals surface area contributed by atoms with E-state index in [1.165, 1.54) is 0 Å². The Hall–Kier alpha value is -1.26. The topological polar surface area (TPSA) is 41.9 Å². The van der Waals surface area contributed by atoms with Gasteiger partial charge in [-0.2, -0.15) is 0 Å². The third-order valence-electron chi connectivity index (χ3n) is 3.57. The van der Waals surface area contributed by atoms with Crippen molar-refractivity contribution in [3.63, 3.8) is 0 Å². The molecule has 1 aliphatic heterocycles. The van der Waals surface area contributed by atoms with Crippen LogP contribution in [-0.4, -0.2) is 44.4 Å². The third kappa shape index (κ3) is 2.44. The van der Waals surface area contributed by atoms with Gasteiger partial charge in [-0.3, -0.25) is 0 Å². The summed E-state index contributed by atoms with van der Waals surface area (Å²) in [7, 11) is 5.27. The Kier molecular flexibility index (Phi) is 3.78. The van der Waals surface area contributed by atoms with Crippen molar-refractivity contribution in [2.75, 3.05) is 34.4 Å². The molecular weight excluding hydrogens is 230 g/mol. The first-order chi connectivity index (χ1) is 8.59. The Morgan fingerprint density at radius 2 is 2.06 bits per heavy atom. The van der Waals surface area contributed by atoms with Gasteiger partial charge in [-0.15, -0.1) is 0 Å². The maximum Gasteiger partial charge on any atom is 0.128 e. The van der Waals surface area contributed by atoms with Crippen molar-refractivity contribution in [2.24, 2.45) is 0 Å². The number of β-amino-alcohol motifs (C(OH)–C–C–N with tert-alkyl or cyclic N) is 1. The van der Waals surface area contributed by atoms with Crippen LogP contribution in [0.3, 0.4) is 0 Å². The fraction of sp³-hybridized carbons (Fsp3) is 0.571. The van der Waals surface area contributed by atoms with Gasteiger partial charge >= 0.3 is 0 Å². The summed E-state index contributed by atoms with van der Waals surface area (Å²) in [6.07, 6.45) is 1.75. The molecule has 1 saturated heterocycles. The zero-order valence-electron chi connectivity index (χ0n) is 11.3. The molecule has 0 aromatic heterocycles. The van der Waals surface area contributed by atoms with Gasteiger partial charge in [-0.1, -0.05) is 0 Å². The van der Waals surface area contributed by atoms with E-state index in [1.54, 1.807) is 14.2 Å². The highest BCUT2D eigenvalue weighted by Gasteiger charge is 2.36. The molecule has 4 heteroatoms. The van der Waals surface area contributed by atoms with Crippen molar-refractivity contribution in [1.29, 1.82) is 0 Å². The Morgan fingerprint density at radius 3 is 2.67 bits per heavy atom. The lowest BCUT2D eigenvalue weighted by molar-refractivity contribution is -0.0293. The standard InChI is InChI=1S/C14H21NO3/c1-15-8-4-7-14(16,10-15)12-6-5-11(17-2)9-13(12)18-3/h5-6,9,16H,4,7-8,10H2,1-3H3. The maximum atomic E-state index is 10.8. The predicted octanol–water partition coefficient (Wildman–Crippen LogP) is 1.62. The Labute approximate surface area is 108 Å². The second kappa shape index (κ2) is 5.16. The molecule has 0 spiro atoms. The minimum atomic E-state index is -0.829. The summed E-state index contributed by atoms with van der Waals surface area (Å²) in [6.45, 7) is 1.66. The van der Waals surface area contributed by atoms with E-state index in [-0.39, 0.29) is 0 Å². The fourth-order valence-electron chi connectivity index (χ4n) is 2.65. The van der Waals surface area contributed by atoms with Crippen LogP contribution in [0.15, 0.2) is 18.2 Å². The van der Waals surface area contributed by atoms with Crippen LogP contribution in [0.4, 0.5) is 0 Å². The van der Waals surface area contributed by atoms with Crippen LogP contribution in [0.1, 0.15) is 18.4 Å². The molecule has 1 aromatic rings. The van der Waals surface area contributed by atoms with E-state index >= 15 is 0 Å². The SMILES string of the molecule is COc1ccc(C2(O)CCCN(C)C2)c(OC)c1. The van der Waals surface area contributed by atoms with E-state index in [9.17, 15) is 5.11 Å². The van der Waals surface area contributed by atoms with Gasteiger partial charge in [0, 0.05) is 18.2 Å². The largest absolute Gasteiger partial charge is 0.497 e. The second-order valence-corrected chi connectivity index (χ2v) is 4.94. The molecule has 0 saturated carbocycles. The van der Waals surface area contributed by atoms with E-state index in [1.807, 2.05) is 25.2 Å². The highest BCUT2D eigenvalue weighted by Crippen LogP contribution is 2.38. The zero-order valence-corrected chi connectivity index (χ0v) is 11.3. The number of piperidine rings is 1. The summed E-state index contributed by atoms with van der Waals surface area (Å²) in [5, 5.41) is 10.8. The van der Waals surface area contributed by atoms with Crippen LogP contribution >= 0.6 is 0 Å². The average molecular weight is 251 g/mol. The van der Waals surface area contributed by atoms with Crippen LogP contribution < -0.4 is 9.47 Å². The van der Waals surface area contributed by atoms with Crippen LogP contribution in [0.5, 0.6) is 11.5 Å². The molecule has 1 unspecified atom stereocenters. The molecule has 1 atom stereocenters. The number of hydrogen-bond donors (Lipinski definition) is 1. The molecule has 0 amide bonds. The Balaban J connectivity index is 2.36. The predicted molar refractivity (Wildman–Crippen MR) is 70.2 cm³/mol. The van der Waals surface area contributed by atoms with E-state index in [2.05, 4.69) is 4.90 Å². The zero-order chi connectivity index (χ0) is 13.2. The number of hydrogen-bond acceptors (Lipinski definition) is 4. The van der Waals surface area contributed by atoms with Gasteiger partial charge in [0.1, 0.15) is 17.1 Å². The third-order valence-corrected chi connectivity index (χ3v) is 3.57. The minimum Gasteiger partial charge on any atom is -0.497 e. The van der Waals surface area contributed by atoms with Crippen LogP contribution in [-0.2, 0) is 5.60 Å². The van der Waals surface area contributed by atoms with E-state index in [4.69, 9.17) is 9.47 Å². The lowest BCUT2D eigenvalue weighted by Gasteiger charge is -2.38. The van der Waals surface area contributed by atoms with E-state index in [0.717, 1.165) is 30.7 Å². The quantitative estimate of drug-likeness (QED) is 0.886. The maximum absolute atomic E-state index is 10.8. The molecule has 1 aromatic carbocycles. The molecule has 2 rings (SSSR count). The summed E-state index contributed by atoms with van der Waals surface area (Å²) in [5.41, 5.74) is 0.0160. The number of likely N-dealkylation sites (tertiary alicyclic amines) is 1. The minimum absolute atomic E-state index is 0.635.